The molecule has 2 rings (SSSR count). The van der Waals surface area contributed by atoms with Gasteiger partial charge in [-0.15, -0.1) is 0 Å². The van der Waals surface area contributed by atoms with E-state index in [-0.39, 0.29) is 17.6 Å². The Morgan fingerprint density at radius 3 is 2.96 bits per heavy atom. The van der Waals surface area contributed by atoms with Crippen LogP contribution in [0.5, 0.6) is 0 Å². The monoisotopic (exact) mass is 320 g/mol. The summed E-state index contributed by atoms with van der Waals surface area (Å²) in [6.45, 7) is 4.69. The van der Waals surface area contributed by atoms with Gasteiger partial charge in [-0.05, 0) is 31.7 Å². The number of aliphatic imine (C=N–C) groups is 1. The van der Waals surface area contributed by atoms with E-state index in [1.807, 2.05) is 13.0 Å². The molecule has 1 aliphatic rings. The van der Waals surface area contributed by atoms with E-state index < -0.39 is 0 Å². The molecule has 0 bridgehead atoms. The quantitative estimate of drug-likeness (QED) is 0.643. The molecule has 126 valence electrons. The molecule has 3 N–H and O–H groups in total. The van der Waals surface area contributed by atoms with E-state index in [1.54, 1.807) is 12.1 Å². The SMILES string of the molecule is CCNC(=NCc1ccccc1F)N1CCCC(CC(N)=O)C1. The second-order valence-corrected chi connectivity index (χ2v) is 5.89. The number of benzene rings is 1. The molecule has 0 radical (unpaired) electrons. The van der Waals surface area contributed by atoms with Crippen LogP contribution in [0.1, 0.15) is 31.7 Å². The van der Waals surface area contributed by atoms with Gasteiger partial charge in [0.25, 0.3) is 0 Å². The molecule has 1 heterocycles. The predicted octanol–water partition coefficient (Wildman–Crippen LogP) is 1.88. The zero-order valence-electron chi connectivity index (χ0n) is 13.6. The zero-order valence-corrected chi connectivity index (χ0v) is 13.6. The lowest BCUT2D eigenvalue weighted by Crippen LogP contribution is -2.47. The largest absolute Gasteiger partial charge is 0.370 e. The van der Waals surface area contributed by atoms with Crippen LogP contribution in [0.15, 0.2) is 29.3 Å². The number of likely N-dealkylation sites (tertiary alicyclic amines) is 1. The Bertz CT molecular complexity index is 561. The van der Waals surface area contributed by atoms with Gasteiger partial charge in [-0.1, -0.05) is 18.2 Å². The summed E-state index contributed by atoms with van der Waals surface area (Å²) >= 11 is 0. The smallest absolute Gasteiger partial charge is 0.217 e. The summed E-state index contributed by atoms with van der Waals surface area (Å²) in [4.78, 5) is 17.8. The van der Waals surface area contributed by atoms with E-state index in [0.717, 1.165) is 38.4 Å². The van der Waals surface area contributed by atoms with Crippen molar-refractivity contribution in [1.82, 2.24) is 10.2 Å². The van der Waals surface area contributed by atoms with Gasteiger partial charge in [0, 0.05) is 31.6 Å². The van der Waals surface area contributed by atoms with E-state index in [9.17, 15) is 9.18 Å². The molecule has 1 amide bonds. The summed E-state index contributed by atoms with van der Waals surface area (Å²) in [7, 11) is 0. The van der Waals surface area contributed by atoms with Crippen LogP contribution in [0, 0.1) is 11.7 Å². The van der Waals surface area contributed by atoms with Crippen molar-refractivity contribution in [2.45, 2.75) is 32.7 Å². The van der Waals surface area contributed by atoms with Crippen molar-refractivity contribution in [2.75, 3.05) is 19.6 Å². The highest BCUT2D eigenvalue weighted by molar-refractivity contribution is 5.80. The van der Waals surface area contributed by atoms with E-state index in [1.165, 1.54) is 6.07 Å². The van der Waals surface area contributed by atoms with Crippen molar-refractivity contribution < 1.29 is 9.18 Å². The van der Waals surface area contributed by atoms with Gasteiger partial charge >= 0.3 is 0 Å². The normalized spacial score (nSPS) is 18.8. The van der Waals surface area contributed by atoms with Crippen molar-refractivity contribution in [2.24, 2.45) is 16.6 Å². The molecule has 1 atom stereocenters. The maximum absolute atomic E-state index is 13.7. The van der Waals surface area contributed by atoms with Crippen LogP contribution in [-0.4, -0.2) is 36.4 Å². The number of primary amides is 1. The first kappa shape index (κ1) is 17.2. The molecule has 1 unspecified atom stereocenters. The molecule has 0 spiro atoms. The van der Waals surface area contributed by atoms with Gasteiger partial charge in [0.1, 0.15) is 5.82 Å². The lowest BCUT2D eigenvalue weighted by Gasteiger charge is -2.34. The molecule has 1 fully saturated rings. The number of nitrogens with zero attached hydrogens (tertiary/aromatic N) is 2. The molecule has 6 heteroatoms. The molecule has 5 nitrogen and oxygen atoms in total. The molecule has 1 aromatic rings. The summed E-state index contributed by atoms with van der Waals surface area (Å²) in [5.41, 5.74) is 5.89. The third kappa shape index (κ3) is 5.23. The lowest BCUT2D eigenvalue weighted by atomic mass is 9.95. The molecule has 23 heavy (non-hydrogen) atoms. The number of rotatable bonds is 5. The fourth-order valence-electron chi connectivity index (χ4n) is 2.92. The summed E-state index contributed by atoms with van der Waals surface area (Å²) in [6.07, 6.45) is 2.41. The van der Waals surface area contributed by atoms with Gasteiger partial charge in [0.2, 0.25) is 5.91 Å². The molecule has 0 aromatic heterocycles. The van der Waals surface area contributed by atoms with Crippen LogP contribution in [0.4, 0.5) is 4.39 Å². The summed E-state index contributed by atoms with van der Waals surface area (Å²) in [6, 6.07) is 6.67. The first-order valence-corrected chi connectivity index (χ1v) is 8.15. The minimum atomic E-state index is -0.259. The average molecular weight is 320 g/mol. The molecule has 0 saturated carbocycles. The van der Waals surface area contributed by atoms with E-state index in [0.29, 0.717) is 18.5 Å². The van der Waals surface area contributed by atoms with Gasteiger partial charge in [0.15, 0.2) is 5.96 Å². The van der Waals surface area contributed by atoms with Gasteiger partial charge in [0.05, 0.1) is 6.54 Å². The predicted molar refractivity (Wildman–Crippen MR) is 89.3 cm³/mol. The van der Waals surface area contributed by atoms with Gasteiger partial charge < -0.3 is 16.0 Å². The van der Waals surface area contributed by atoms with Crippen LogP contribution in [0.2, 0.25) is 0 Å². The van der Waals surface area contributed by atoms with Crippen LogP contribution in [0.3, 0.4) is 0 Å². The van der Waals surface area contributed by atoms with Crippen molar-refractivity contribution >= 4 is 11.9 Å². The Morgan fingerprint density at radius 2 is 2.26 bits per heavy atom. The fraction of sp³-hybridized carbons (Fsp3) is 0.529. The fourth-order valence-corrected chi connectivity index (χ4v) is 2.92. The topological polar surface area (TPSA) is 70.7 Å². The average Bonchev–Trinajstić information content (AvgIpc) is 2.52. The minimum Gasteiger partial charge on any atom is -0.370 e. The minimum absolute atomic E-state index is 0.239. The Hall–Kier alpha value is -2.11. The number of carbonyl (C=O) groups is 1. The third-order valence-corrected chi connectivity index (χ3v) is 4.00. The van der Waals surface area contributed by atoms with Crippen LogP contribution >= 0.6 is 0 Å². The summed E-state index contributed by atoms with van der Waals surface area (Å²) < 4.78 is 13.7. The number of halogens is 1. The summed E-state index contributed by atoms with van der Waals surface area (Å²) in [5, 5.41) is 3.25. The number of nitrogens with one attached hydrogen (secondary N) is 1. The Labute approximate surface area is 136 Å². The first-order chi connectivity index (χ1) is 11.1. The lowest BCUT2D eigenvalue weighted by molar-refractivity contribution is -0.119. The van der Waals surface area contributed by atoms with E-state index in [2.05, 4.69) is 15.2 Å². The highest BCUT2D eigenvalue weighted by atomic mass is 19.1. The molecule has 0 aliphatic carbocycles. The number of carbonyl (C=O) groups excluding carboxylic acids is 1. The Kier molecular flexibility index (Phi) is 6.38. The number of hydrogen-bond acceptors (Lipinski definition) is 2. The first-order valence-electron chi connectivity index (χ1n) is 8.15. The standard InChI is InChI=1S/C17H25FN4O/c1-2-20-17(21-11-14-7-3-4-8-15(14)18)22-9-5-6-13(12-22)10-16(19)23/h3-4,7-8,13H,2,5-6,9-12H2,1H3,(H2,19,23)(H,20,21). The molecular weight excluding hydrogens is 295 g/mol. The molecule has 1 aromatic carbocycles. The van der Waals surface area contributed by atoms with Gasteiger partial charge in [-0.2, -0.15) is 0 Å². The highest BCUT2D eigenvalue weighted by Crippen LogP contribution is 2.19. The number of nitrogens with two attached hydrogens (primary N) is 1. The van der Waals surface area contributed by atoms with Crippen molar-refractivity contribution in [3.05, 3.63) is 35.6 Å². The van der Waals surface area contributed by atoms with E-state index >= 15 is 0 Å². The molecular formula is C17H25FN4O. The Balaban J connectivity index is 2.06. The van der Waals surface area contributed by atoms with Crippen molar-refractivity contribution in [3.8, 4) is 0 Å². The number of guanidine groups is 1. The van der Waals surface area contributed by atoms with Crippen molar-refractivity contribution in [3.63, 3.8) is 0 Å². The maximum atomic E-state index is 13.7. The zero-order chi connectivity index (χ0) is 16.7. The number of piperidine rings is 1. The third-order valence-electron chi connectivity index (χ3n) is 4.00. The summed E-state index contributed by atoms with van der Waals surface area (Å²) in [5.74, 6) is 0.533. The highest BCUT2D eigenvalue weighted by Gasteiger charge is 2.23. The van der Waals surface area contributed by atoms with Crippen LogP contribution < -0.4 is 11.1 Å². The van der Waals surface area contributed by atoms with E-state index in [4.69, 9.17) is 5.73 Å². The second-order valence-electron chi connectivity index (χ2n) is 5.89. The van der Waals surface area contributed by atoms with Crippen LogP contribution in [-0.2, 0) is 11.3 Å². The Morgan fingerprint density at radius 1 is 1.48 bits per heavy atom. The number of amides is 1. The number of hydrogen-bond donors (Lipinski definition) is 2. The molecule has 1 saturated heterocycles. The van der Waals surface area contributed by atoms with Gasteiger partial charge in [-0.25, -0.2) is 9.38 Å². The second kappa shape index (κ2) is 8.50. The van der Waals surface area contributed by atoms with Gasteiger partial charge in [-0.3, -0.25) is 4.79 Å². The maximum Gasteiger partial charge on any atom is 0.217 e. The van der Waals surface area contributed by atoms with Crippen molar-refractivity contribution in [1.29, 1.82) is 0 Å². The molecule has 1 aliphatic heterocycles. The van der Waals surface area contributed by atoms with Crippen LogP contribution in [0.25, 0.3) is 0 Å².